The van der Waals surface area contributed by atoms with Crippen molar-refractivity contribution in [3.05, 3.63) is 23.0 Å². The SMILES string of the molecule is O=Cc1ncc(CCl)c(C(F)F)c1OC(F)(F)F. The molecular formula is C9H5ClF5NO2. The fourth-order valence-electron chi connectivity index (χ4n) is 1.21. The maximum atomic E-state index is 12.7. The van der Waals surface area contributed by atoms with Gasteiger partial charge in [0.15, 0.2) is 12.0 Å². The molecule has 0 fully saturated rings. The molecule has 1 aromatic heterocycles. The Morgan fingerprint density at radius 3 is 2.44 bits per heavy atom. The van der Waals surface area contributed by atoms with Crippen LogP contribution in [0, 0.1) is 0 Å². The molecule has 0 aliphatic heterocycles. The van der Waals surface area contributed by atoms with Crippen LogP contribution in [-0.4, -0.2) is 17.6 Å². The van der Waals surface area contributed by atoms with Crippen molar-refractivity contribution in [2.75, 3.05) is 0 Å². The van der Waals surface area contributed by atoms with Gasteiger partial charge in [0, 0.05) is 12.1 Å². The summed E-state index contributed by atoms with van der Waals surface area (Å²) in [5.41, 5.74) is -2.28. The highest BCUT2D eigenvalue weighted by Gasteiger charge is 2.36. The zero-order valence-electron chi connectivity index (χ0n) is 8.47. The van der Waals surface area contributed by atoms with E-state index >= 15 is 0 Å². The molecule has 0 aliphatic rings. The number of aldehydes is 1. The molecule has 1 heterocycles. The van der Waals surface area contributed by atoms with E-state index in [9.17, 15) is 26.7 Å². The van der Waals surface area contributed by atoms with Crippen LogP contribution in [0.1, 0.15) is 28.0 Å². The van der Waals surface area contributed by atoms with E-state index in [0.29, 0.717) is 0 Å². The van der Waals surface area contributed by atoms with Gasteiger partial charge in [-0.25, -0.2) is 13.8 Å². The lowest BCUT2D eigenvalue weighted by Gasteiger charge is -2.16. The molecule has 0 N–H and O–H groups in total. The fourth-order valence-corrected chi connectivity index (χ4v) is 1.43. The number of rotatable bonds is 4. The molecule has 18 heavy (non-hydrogen) atoms. The highest BCUT2D eigenvalue weighted by atomic mass is 35.5. The van der Waals surface area contributed by atoms with Gasteiger partial charge in [0.2, 0.25) is 0 Å². The van der Waals surface area contributed by atoms with Crippen molar-refractivity contribution in [3.63, 3.8) is 0 Å². The van der Waals surface area contributed by atoms with Crippen LogP contribution in [0.15, 0.2) is 6.20 Å². The lowest BCUT2D eigenvalue weighted by atomic mass is 10.1. The van der Waals surface area contributed by atoms with Gasteiger partial charge < -0.3 is 4.74 Å². The minimum Gasteiger partial charge on any atom is -0.403 e. The van der Waals surface area contributed by atoms with Crippen LogP contribution in [0.3, 0.4) is 0 Å². The summed E-state index contributed by atoms with van der Waals surface area (Å²) < 4.78 is 65.1. The predicted octanol–water partition coefficient (Wildman–Crippen LogP) is 3.47. The Labute approximate surface area is 103 Å². The largest absolute Gasteiger partial charge is 0.573 e. The maximum absolute atomic E-state index is 12.7. The summed E-state index contributed by atoms with van der Waals surface area (Å²) in [5, 5.41) is 0. The normalized spacial score (nSPS) is 11.7. The van der Waals surface area contributed by atoms with Crippen molar-refractivity contribution < 1.29 is 31.5 Å². The standard InChI is InChI=1S/C9H5ClF5NO2/c10-1-4-2-16-5(3-17)7(6(4)8(11)12)18-9(13,14)15/h2-3,8H,1H2. The van der Waals surface area contributed by atoms with E-state index in [-0.39, 0.29) is 11.8 Å². The van der Waals surface area contributed by atoms with Crippen LogP contribution in [0.4, 0.5) is 22.0 Å². The molecular weight excluding hydrogens is 285 g/mol. The first kappa shape index (κ1) is 14.6. The van der Waals surface area contributed by atoms with E-state index in [4.69, 9.17) is 11.6 Å². The van der Waals surface area contributed by atoms with Crippen LogP contribution in [0.2, 0.25) is 0 Å². The summed E-state index contributed by atoms with van der Waals surface area (Å²) in [7, 11) is 0. The number of hydrogen-bond donors (Lipinski definition) is 0. The summed E-state index contributed by atoms with van der Waals surface area (Å²) >= 11 is 5.32. The number of aromatic nitrogens is 1. The van der Waals surface area contributed by atoms with Crippen molar-refractivity contribution in [2.24, 2.45) is 0 Å². The van der Waals surface area contributed by atoms with Crippen molar-refractivity contribution in [1.82, 2.24) is 4.98 Å². The first-order valence-electron chi connectivity index (χ1n) is 4.37. The Morgan fingerprint density at radius 1 is 1.44 bits per heavy atom. The first-order chi connectivity index (χ1) is 8.30. The Morgan fingerprint density at radius 2 is 2.06 bits per heavy atom. The third-order valence-electron chi connectivity index (χ3n) is 1.87. The minimum atomic E-state index is -5.21. The molecule has 3 nitrogen and oxygen atoms in total. The number of carbonyl (C=O) groups is 1. The van der Waals surface area contributed by atoms with Gasteiger partial charge in [0.1, 0.15) is 5.69 Å². The number of halogens is 6. The van der Waals surface area contributed by atoms with Gasteiger partial charge in [-0.3, -0.25) is 4.79 Å². The molecule has 0 aliphatic carbocycles. The van der Waals surface area contributed by atoms with Gasteiger partial charge in [0.25, 0.3) is 6.43 Å². The molecule has 100 valence electrons. The molecule has 0 atom stereocenters. The molecule has 0 amide bonds. The number of pyridine rings is 1. The lowest BCUT2D eigenvalue weighted by Crippen LogP contribution is -2.20. The van der Waals surface area contributed by atoms with E-state index < -0.39 is 35.7 Å². The van der Waals surface area contributed by atoms with E-state index in [2.05, 4.69) is 9.72 Å². The number of hydrogen-bond acceptors (Lipinski definition) is 3. The molecule has 0 saturated heterocycles. The van der Waals surface area contributed by atoms with Gasteiger partial charge in [0.05, 0.1) is 5.56 Å². The molecule has 0 unspecified atom stereocenters. The first-order valence-corrected chi connectivity index (χ1v) is 4.90. The molecule has 1 aromatic rings. The number of ether oxygens (including phenoxy) is 1. The smallest absolute Gasteiger partial charge is 0.403 e. The molecule has 0 spiro atoms. The number of alkyl halides is 6. The van der Waals surface area contributed by atoms with E-state index in [1.807, 2.05) is 0 Å². The predicted molar refractivity (Wildman–Crippen MR) is 50.8 cm³/mol. The second-order valence-corrected chi connectivity index (χ2v) is 3.28. The Bertz CT molecular complexity index is 449. The molecule has 0 aromatic carbocycles. The van der Waals surface area contributed by atoms with Crippen LogP contribution in [-0.2, 0) is 5.88 Å². The molecule has 0 bridgehead atoms. The van der Waals surface area contributed by atoms with Crippen LogP contribution in [0.25, 0.3) is 0 Å². The van der Waals surface area contributed by atoms with Crippen molar-refractivity contribution in [1.29, 1.82) is 0 Å². The third-order valence-corrected chi connectivity index (χ3v) is 2.16. The molecule has 1 rings (SSSR count). The fraction of sp³-hybridized carbons (Fsp3) is 0.333. The second-order valence-electron chi connectivity index (χ2n) is 3.01. The number of carbonyl (C=O) groups excluding carboxylic acids is 1. The van der Waals surface area contributed by atoms with Gasteiger partial charge >= 0.3 is 6.36 Å². The van der Waals surface area contributed by atoms with Gasteiger partial charge in [-0.05, 0) is 5.56 Å². The summed E-state index contributed by atoms with van der Waals surface area (Å²) in [6.45, 7) is 0. The molecule has 0 saturated carbocycles. The van der Waals surface area contributed by atoms with Crippen LogP contribution < -0.4 is 4.74 Å². The topological polar surface area (TPSA) is 39.2 Å². The Balaban J connectivity index is 3.45. The van der Waals surface area contributed by atoms with E-state index in [1.54, 1.807) is 0 Å². The Hall–Kier alpha value is -1.44. The lowest BCUT2D eigenvalue weighted by molar-refractivity contribution is -0.275. The quantitative estimate of drug-likeness (QED) is 0.484. The third kappa shape index (κ3) is 3.28. The molecule has 0 radical (unpaired) electrons. The zero-order chi connectivity index (χ0) is 13.9. The van der Waals surface area contributed by atoms with Crippen molar-refractivity contribution in [3.8, 4) is 5.75 Å². The minimum absolute atomic E-state index is 0.106. The Kier molecular flexibility index (Phi) is 4.44. The van der Waals surface area contributed by atoms with Crippen molar-refractivity contribution in [2.45, 2.75) is 18.7 Å². The summed E-state index contributed by atoms with van der Waals surface area (Å²) in [6, 6.07) is 0. The average molecular weight is 290 g/mol. The summed E-state index contributed by atoms with van der Waals surface area (Å²) in [5.74, 6) is -1.80. The van der Waals surface area contributed by atoms with Crippen LogP contribution in [0.5, 0.6) is 5.75 Å². The maximum Gasteiger partial charge on any atom is 0.573 e. The highest BCUT2D eigenvalue weighted by molar-refractivity contribution is 6.17. The molecule has 9 heteroatoms. The van der Waals surface area contributed by atoms with Gasteiger partial charge in [-0.1, -0.05) is 0 Å². The van der Waals surface area contributed by atoms with E-state index in [0.717, 1.165) is 6.20 Å². The summed E-state index contributed by atoms with van der Waals surface area (Å²) in [6.07, 6.45) is -7.79. The second kappa shape index (κ2) is 5.47. The highest BCUT2D eigenvalue weighted by Crippen LogP contribution is 2.37. The van der Waals surface area contributed by atoms with Gasteiger partial charge in [-0.15, -0.1) is 24.8 Å². The van der Waals surface area contributed by atoms with Gasteiger partial charge in [-0.2, -0.15) is 0 Å². The monoisotopic (exact) mass is 289 g/mol. The number of nitrogens with zero attached hydrogens (tertiary/aromatic N) is 1. The van der Waals surface area contributed by atoms with Crippen LogP contribution >= 0.6 is 11.6 Å². The average Bonchev–Trinajstić information content (AvgIpc) is 2.25. The zero-order valence-corrected chi connectivity index (χ0v) is 9.23. The van der Waals surface area contributed by atoms with E-state index in [1.165, 1.54) is 0 Å². The van der Waals surface area contributed by atoms with Crippen molar-refractivity contribution >= 4 is 17.9 Å². The summed E-state index contributed by atoms with van der Waals surface area (Å²) in [4.78, 5) is 13.8.